The van der Waals surface area contributed by atoms with Gasteiger partial charge in [-0.1, -0.05) is 46.7 Å². The van der Waals surface area contributed by atoms with Crippen molar-refractivity contribution in [1.82, 2.24) is 4.90 Å². The molecule has 0 N–H and O–H groups in total. The van der Waals surface area contributed by atoms with E-state index in [-0.39, 0.29) is 6.23 Å². The fourth-order valence-electron chi connectivity index (χ4n) is 5.11. The number of rotatable bonds is 3. The minimum Gasteiger partial charge on any atom is -0.379 e. The van der Waals surface area contributed by atoms with Gasteiger partial charge >= 0.3 is 0 Å². The molecule has 2 aromatic carbocycles. The van der Waals surface area contributed by atoms with E-state index in [9.17, 15) is 0 Å². The van der Waals surface area contributed by atoms with Crippen molar-refractivity contribution in [2.24, 2.45) is 10.3 Å². The molecule has 0 saturated carbocycles. The molecule has 0 aliphatic carbocycles. The summed E-state index contributed by atoms with van der Waals surface area (Å²) < 4.78 is 5.58. The monoisotopic (exact) mass is 419 g/mol. The van der Waals surface area contributed by atoms with Crippen molar-refractivity contribution >= 4 is 11.4 Å². The van der Waals surface area contributed by atoms with Gasteiger partial charge in [-0.3, -0.25) is 4.90 Å². The molecule has 3 aliphatic rings. The Labute approximate surface area is 183 Å². The standard InChI is InChI=1S/C25H29N3O3/c1-16-7-5-8-17(2)21(16)20-15-25(31-26-20)23(22-18(3)9-6-10-19(22)4)27-30-24(25)28-11-13-29-14-12-28/h5-10,24H,11-15H2,1-4H3. The third-order valence-corrected chi connectivity index (χ3v) is 6.66. The number of morpholine rings is 1. The Hall–Kier alpha value is -2.70. The molecule has 2 aromatic rings. The number of hydrogen-bond donors (Lipinski definition) is 0. The zero-order chi connectivity index (χ0) is 21.6. The summed E-state index contributed by atoms with van der Waals surface area (Å²) in [6.45, 7) is 11.4. The fourth-order valence-corrected chi connectivity index (χ4v) is 5.11. The van der Waals surface area contributed by atoms with Gasteiger partial charge in [0.2, 0.25) is 11.8 Å². The van der Waals surface area contributed by atoms with E-state index in [0.29, 0.717) is 19.6 Å². The van der Waals surface area contributed by atoms with Crippen molar-refractivity contribution in [3.63, 3.8) is 0 Å². The molecular formula is C25H29N3O3. The van der Waals surface area contributed by atoms with E-state index in [4.69, 9.17) is 14.4 Å². The molecule has 6 nitrogen and oxygen atoms in total. The van der Waals surface area contributed by atoms with Crippen LogP contribution < -0.4 is 0 Å². The van der Waals surface area contributed by atoms with E-state index < -0.39 is 5.60 Å². The number of oxime groups is 2. The summed E-state index contributed by atoms with van der Waals surface area (Å²) in [6.07, 6.45) is 0.281. The summed E-state index contributed by atoms with van der Waals surface area (Å²) >= 11 is 0. The molecule has 6 heteroatoms. The topological polar surface area (TPSA) is 55.7 Å². The van der Waals surface area contributed by atoms with Gasteiger partial charge in [-0.2, -0.15) is 0 Å². The van der Waals surface area contributed by atoms with E-state index in [1.165, 1.54) is 11.1 Å². The Kier molecular flexibility index (Phi) is 5.07. The van der Waals surface area contributed by atoms with Gasteiger partial charge in [0, 0.05) is 30.6 Å². The molecule has 31 heavy (non-hydrogen) atoms. The first-order chi connectivity index (χ1) is 15.0. The first kappa shape index (κ1) is 20.2. The number of hydrogen-bond acceptors (Lipinski definition) is 6. The zero-order valence-electron chi connectivity index (χ0n) is 18.6. The van der Waals surface area contributed by atoms with Gasteiger partial charge in [-0.25, -0.2) is 0 Å². The average Bonchev–Trinajstić information content (AvgIpc) is 3.34. The summed E-state index contributed by atoms with van der Waals surface area (Å²) in [4.78, 5) is 14.8. The Bertz CT molecular complexity index is 1030. The van der Waals surface area contributed by atoms with Crippen molar-refractivity contribution < 1.29 is 14.4 Å². The molecule has 2 unspecified atom stereocenters. The smallest absolute Gasteiger partial charge is 0.241 e. The van der Waals surface area contributed by atoms with Crippen LogP contribution >= 0.6 is 0 Å². The van der Waals surface area contributed by atoms with E-state index in [1.54, 1.807) is 0 Å². The van der Waals surface area contributed by atoms with Gasteiger partial charge in [0.15, 0.2) is 0 Å². The predicted octanol–water partition coefficient (Wildman–Crippen LogP) is 3.88. The second-order valence-corrected chi connectivity index (χ2v) is 8.78. The van der Waals surface area contributed by atoms with Gasteiger partial charge in [-0.05, 0) is 49.9 Å². The maximum atomic E-state index is 6.37. The minimum absolute atomic E-state index is 0.337. The third kappa shape index (κ3) is 3.25. The lowest BCUT2D eigenvalue weighted by molar-refractivity contribution is -0.159. The van der Waals surface area contributed by atoms with Crippen LogP contribution in [0, 0.1) is 27.7 Å². The lowest BCUT2D eigenvalue weighted by atomic mass is 9.81. The molecule has 0 radical (unpaired) electrons. The van der Waals surface area contributed by atoms with Crippen LogP contribution in [-0.4, -0.2) is 54.5 Å². The molecule has 3 heterocycles. The van der Waals surface area contributed by atoms with Crippen LogP contribution in [0.3, 0.4) is 0 Å². The van der Waals surface area contributed by atoms with Gasteiger partial charge in [-0.15, -0.1) is 0 Å². The fraction of sp³-hybridized carbons (Fsp3) is 0.440. The molecule has 0 aromatic heterocycles. The number of ether oxygens (including phenoxy) is 1. The summed E-state index contributed by atoms with van der Waals surface area (Å²) in [5, 5.41) is 9.27. The summed E-state index contributed by atoms with van der Waals surface area (Å²) in [7, 11) is 0. The van der Waals surface area contributed by atoms with Crippen LogP contribution in [0.4, 0.5) is 0 Å². The number of aryl methyl sites for hydroxylation is 4. The molecular weight excluding hydrogens is 390 g/mol. The van der Waals surface area contributed by atoms with Gasteiger partial charge in [0.05, 0.1) is 18.9 Å². The lowest BCUT2D eigenvalue weighted by Gasteiger charge is -2.37. The second-order valence-electron chi connectivity index (χ2n) is 8.78. The van der Waals surface area contributed by atoms with Crippen molar-refractivity contribution in [2.75, 3.05) is 26.3 Å². The highest BCUT2D eigenvalue weighted by Crippen LogP contribution is 2.42. The molecule has 1 saturated heterocycles. The van der Waals surface area contributed by atoms with Gasteiger partial charge in [0.25, 0.3) is 0 Å². The van der Waals surface area contributed by atoms with Crippen LogP contribution in [0.25, 0.3) is 0 Å². The summed E-state index contributed by atoms with van der Waals surface area (Å²) in [5.74, 6) is 0. The molecule has 3 aliphatic heterocycles. The quantitative estimate of drug-likeness (QED) is 0.758. The Balaban J connectivity index is 1.58. The van der Waals surface area contributed by atoms with Crippen molar-refractivity contribution in [3.05, 3.63) is 69.8 Å². The molecule has 0 amide bonds. The van der Waals surface area contributed by atoms with Crippen LogP contribution in [0.1, 0.15) is 39.8 Å². The number of benzene rings is 2. The molecule has 1 spiro atoms. The van der Waals surface area contributed by atoms with E-state index in [0.717, 1.165) is 46.8 Å². The van der Waals surface area contributed by atoms with Crippen molar-refractivity contribution in [3.8, 4) is 0 Å². The largest absolute Gasteiger partial charge is 0.379 e. The van der Waals surface area contributed by atoms with Crippen LogP contribution in [0.5, 0.6) is 0 Å². The van der Waals surface area contributed by atoms with Crippen molar-refractivity contribution in [1.29, 1.82) is 0 Å². The first-order valence-electron chi connectivity index (χ1n) is 11.0. The van der Waals surface area contributed by atoms with Gasteiger partial charge < -0.3 is 14.4 Å². The summed E-state index contributed by atoms with van der Waals surface area (Å²) in [6, 6.07) is 12.6. The molecule has 2 atom stereocenters. The molecule has 1 fully saturated rings. The predicted molar refractivity (Wildman–Crippen MR) is 121 cm³/mol. The highest BCUT2D eigenvalue weighted by molar-refractivity contribution is 6.15. The highest BCUT2D eigenvalue weighted by atomic mass is 16.7. The molecule has 5 rings (SSSR count). The van der Waals surface area contributed by atoms with Crippen LogP contribution in [0.2, 0.25) is 0 Å². The van der Waals surface area contributed by atoms with E-state index in [2.05, 4.69) is 79.3 Å². The Morgan fingerprint density at radius 2 is 1.42 bits per heavy atom. The Morgan fingerprint density at radius 1 is 0.839 bits per heavy atom. The van der Waals surface area contributed by atoms with Crippen LogP contribution in [0.15, 0.2) is 46.7 Å². The first-order valence-corrected chi connectivity index (χ1v) is 11.0. The van der Waals surface area contributed by atoms with Crippen LogP contribution in [-0.2, 0) is 14.4 Å². The van der Waals surface area contributed by atoms with Crippen molar-refractivity contribution in [2.45, 2.75) is 45.9 Å². The maximum Gasteiger partial charge on any atom is 0.241 e. The zero-order valence-corrected chi connectivity index (χ0v) is 18.6. The summed E-state index contributed by atoms with van der Waals surface area (Å²) in [5.41, 5.74) is 7.99. The van der Waals surface area contributed by atoms with E-state index >= 15 is 0 Å². The lowest BCUT2D eigenvalue weighted by Crippen LogP contribution is -2.57. The van der Waals surface area contributed by atoms with Gasteiger partial charge in [0.1, 0.15) is 5.71 Å². The Morgan fingerprint density at radius 3 is 2.03 bits per heavy atom. The second kappa shape index (κ2) is 7.77. The SMILES string of the molecule is Cc1cccc(C)c1C1=NOC2(C1)C(c1c(C)cccc1C)=NOC2N1CCOCC1. The average molecular weight is 420 g/mol. The minimum atomic E-state index is -0.779. The normalized spacial score (nSPS) is 25.9. The third-order valence-electron chi connectivity index (χ3n) is 6.66. The molecule has 0 bridgehead atoms. The van der Waals surface area contributed by atoms with E-state index in [1.807, 2.05) is 0 Å². The maximum absolute atomic E-state index is 6.37. The number of nitrogens with zero attached hydrogens (tertiary/aromatic N) is 3. The molecule has 162 valence electrons. The highest BCUT2D eigenvalue weighted by Gasteiger charge is 2.60.